The molecule has 0 aliphatic rings. The van der Waals surface area contributed by atoms with Gasteiger partial charge in [0.1, 0.15) is 11.9 Å². The number of phosphoric acid groups is 1. The maximum Gasteiger partial charge on any atom is 0.472 e. The molecule has 200 valence electrons. The van der Waals surface area contributed by atoms with Gasteiger partial charge in [0, 0.05) is 18.4 Å². The van der Waals surface area contributed by atoms with Crippen molar-refractivity contribution >= 4 is 19.5 Å². The molecule has 1 rings (SSSR count). The number of quaternary nitrogens is 1. The third-order valence-electron chi connectivity index (χ3n) is 4.90. The predicted octanol–water partition coefficient (Wildman–Crippen LogP) is 2.82. The molecule has 0 aliphatic heterocycles. The van der Waals surface area contributed by atoms with E-state index < -0.39 is 49.0 Å². The SMILES string of the molecule is C[N+](C)(C)C([O-])C(CC(=O)O)OP(=O)(O)OCCCCCCCCOc1ccc([N+](=O)[O-])c(F)c1. The molecule has 0 spiro atoms. The zero-order valence-electron chi connectivity index (χ0n) is 20.1. The van der Waals surface area contributed by atoms with Crippen molar-refractivity contribution in [2.24, 2.45) is 0 Å². The first kappa shape index (κ1) is 30.9. The van der Waals surface area contributed by atoms with Gasteiger partial charge in [-0.1, -0.05) is 25.7 Å². The lowest BCUT2D eigenvalue weighted by molar-refractivity contribution is -0.973. The predicted molar refractivity (Wildman–Crippen MR) is 121 cm³/mol. The summed E-state index contributed by atoms with van der Waals surface area (Å²) in [5.74, 6) is -2.06. The molecule has 1 aromatic carbocycles. The van der Waals surface area contributed by atoms with Crippen molar-refractivity contribution in [2.75, 3.05) is 34.4 Å². The standard InChI is InChI=1S/C21H34FN2O10P/c1-24(2,3)21(27)19(15-20(25)26)34-35(30,31)33-13-9-7-5-4-6-8-12-32-16-10-11-18(23(28)29)17(22)14-16/h10-11,14,19,21H,4-9,12-13,15H2,1-3H3,(H,25,26)(H,30,31). The second-order valence-corrected chi connectivity index (χ2v) is 10.3. The molecule has 0 aliphatic carbocycles. The minimum absolute atomic E-state index is 0.0870. The minimum Gasteiger partial charge on any atom is -0.804 e. The van der Waals surface area contributed by atoms with Crippen LogP contribution in [0.25, 0.3) is 0 Å². The fourth-order valence-electron chi connectivity index (χ4n) is 3.07. The first-order valence-electron chi connectivity index (χ1n) is 11.1. The molecule has 0 saturated heterocycles. The second-order valence-electron chi connectivity index (χ2n) is 8.89. The number of carbonyl (C=O) groups is 1. The lowest BCUT2D eigenvalue weighted by Gasteiger charge is -2.42. The molecule has 12 nitrogen and oxygen atoms in total. The van der Waals surface area contributed by atoms with Gasteiger partial charge in [0.15, 0.2) is 0 Å². The molecular formula is C21H34FN2O10P. The topological polar surface area (TPSA) is 168 Å². The van der Waals surface area contributed by atoms with E-state index in [1.54, 1.807) is 0 Å². The van der Waals surface area contributed by atoms with E-state index in [1.807, 2.05) is 0 Å². The summed E-state index contributed by atoms with van der Waals surface area (Å²) in [6.07, 6.45) is 0.507. The van der Waals surface area contributed by atoms with Crippen molar-refractivity contribution in [3.63, 3.8) is 0 Å². The monoisotopic (exact) mass is 524 g/mol. The molecular weight excluding hydrogens is 490 g/mol. The number of ether oxygens (including phenoxy) is 1. The summed E-state index contributed by atoms with van der Waals surface area (Å²) in [7, 11) is -0.00890. The normalized spacial score (nSPS) is 15.3. The van der Waals surface area contributed by atoms with Gasteiger partial charge in [-0.2, -0.15) is 4.39 Å². The molecule has 2 N–H and O–H groups in total. The van der Waals surface area contributed by atoms with E-state index in [1.165, 1.54) is 27.2 Å². The first-order chi connectivity index (χ1) is 16.2. The van der Waals surface area contributed by atoms with E-state index in [0.29, 0.717) is 25.9 Å². The number of phosphoric ester groups is 1. The molecule has 0 saturated carbocycles. The lowest BCUT2D eigenvalue weighted by Crippen LogP contribution is -2.60. The number of carboxylic acids is 1. The quantitative estimate of drug-likeness (QED) is 0.0727. The number of aliphatic carboxylic acids is 1. The van der Waals surface area contributed by atoms with Gasteiger partial charge in [-0.25, -0.2) is 4.57 Å². The number of rotatable bonds is 18. The molecule has 0 heterocycles. The number of hydrogen-bond acceptors (Lipinski definition) is 8. The van der Waals surface area contributed by atoms with Crippen LogP contribution in [0.4, 0.5) is 10.1 Å². The Balaban J connectivity index is 2.22. The molecule has 1 aromatic rings. The van der Waals surface area contributed by atoms with E-state index in [0.717, 1.165) is 31.4 Å². The van der Waals surface area contributed by atoms with Gasteiger partial charge in [0.05, 0.1) is 45.7 Å². The summed E-state index contributed by atoms with van der Waals surface area (Å²) in [6, 6.07) is 3.37. The van der Waals surface area contributed by atoms with Crippen molar-refractivity contribution in [2.45, 2.75) is 57.3 Å². The van der Waals surface area contributed by atoms with Crippen molar-refractivity contribution < 1.29 is 52.0 Å². The zero-order chi connectivity index (χ0) is 26.6. The van der Waals surface area contributed by atoms with Gasteiger partial charge in [-0.15, -0.1) is 0 Å². The largest absolute Gasteiger partial charge is 0.804 e. The number of unbranched alkanes of at least 4 members (excludes halogenated alkanes) is 5. The van der Waals surface area contributed by atoms with Crippen molar-refractivity contribution in [1.82, 2.24) is 0 Å². The van der Waals surface area contributed by atoms with Crippen LogP contribution in [0.15, 0.2) is 18.2 Å². The Bertz CT molecular complexity index is 880. The molecule has 0 bridgehead atoms. The fourth-order valence-corrected chi connectivity index (χ4v) is 4.01. The highest BCUT2D eigenvalue weighted by Gasteiger charge is 2.34. The van der Waals surface area contributed by atoms with Crippen LogP contribution in [-0.2, 0) is 18.4 Å². The number of likely N-dealkylation sites (N-methyl/N-ethyl adjacent to an activating group) is 1. The Morgan fingerprint density at radius 2 is 1.71 bits per heavy atom. The summed E-state index contributed by atoms with van der Waals surface area (Å²) in [5.41, 5.74) is -0.607. The highest BCUT2D eigenvalue weighted by molar-refractivity contribution is 7.47. The van der Waals surface area contributed by atoms with Gasteiger partial charge >= 0.3 is 19.5 Å². The van der Waals surface area contributed by atoms with E-state index in [2.05, 4.69) is 0 Å². The van der Waals surface area contributed by atoms with Crippen LogP contribution in [-0.4, -0.2) is 72.1 Å². The molecule has 0 aromatic heterocycles. The third-order valence-corrected chi connectivity index (χ3v) is 5.95. The maximum absolute atomic E-state index is 13.5. The molecule has 3 atom stereocenters. The fraction of sp³-hybridized carbons (Fsp3) is 0.667. The summed E-state index contributed by atoms with van der Waals surface area (Å²) in [4.78, 5) is 30.6. The second kappa shape index (κ2) is 14.4. The van der Waals surface area contributed by atoms with Crippen LogP contribution >= 0.6 is 7.82 Å². The van der Waals surface area contributed by atoms with Gasteiger partial charge in [0.2, 0.25) is 5.82 Å². The zero-order valence-corrected chi connectivity index (χ0v) is 21.0. The van der Waals surface area contributed by atoms with Crippen molar-refractivity contribution in [1.29, 1.82) is 0 Å². The Labute approximate surface area is 203 Å². The van der Waals surface area contributed by atoms with Crippen LogP contribution in [0.3, 0.4) is 0 Å². The number of hydrogen-bond donors (Lipinski definition) is 2. The number of halogens is 1. The van der Waals surface area contributed by atoms with E-state index in [4.69, 9.17) is 18.9 Å². The van der Waals surface area contributed by atoms with Gasteiger partial charge in [-0.05, 0) is 18.9 Å². The average molecular weight is 524 g/mol. The van der Waals surface area contributed by atoms with E-state index in [-0.39, 0.29) is 16.8 Å². The van der Waals surface area contributed by atoms with Gasteiger partial charge in [0.25, 0.3) is 0 Å². The minimum atomic E-state index is -4.59. The van der Waals surface area contributed by atoms with Crippen LogP contribution in [0.5, 0.6) is 5.75 Å². The van der Waals surface area contributed by atoms with Crippen LogP contribution in [0, 0.1) is 15.9 Å². The number of benzene rings is 1. The van der Waals surface area contributed by atoms with Crippen molar-refractivity contribution in [3.05, 3.63) is 34.1 Å². The van der Waals surface area contributed by atoms with Crippen LogP contribution in [0.2, 0.25) is 0 Å². The molecule has 35 heavy (non-hydrogen) atoms. The van der Waals surface area contributed by atoms with Crippen molar-refractivity contribution in [3.8, 4) is 5.75 Å². The summed E-state index contributed by atoms with van der Waals surface area (Å²) >= 11 is 0. The summed E-state index contributed by atoms with van der Waals surface area (Å²) < 4.78 is 40.6. The first-order valence-corrected chi connectivity index (χ1v) is 12.6. The Morgan fingerprint density at radius 1 is 1.14 bits per heavy atom. The Kier molecular flexibility index (Phi) is 12.7. The highest BCUT2D eigenvalue weighted by atomic mass is 31.2. The molecule has 0 amide bonds. The summed E-state index contributed by atoms with van der Waals surface area (Å²) in [5, 5.41) is 31.9. The third kappa shape index (κ3) is 12.4. The number of carboxylic acid groups (broad SMARTS) is 1. The Hall–Kier alpha value is -2.15. The highest BCUT2D eigenvalue weighted by Crippen LogP contribution is 2.45. The number of nitro benzene ring substituents is 1. The Morgan fingerprint density at radius 3 is 2.23 bits per heavy atom. The van der Waals surface area contributed by atoms with E-state index >= 15 is 0 Å². The molecule has 3 unspecified atom stereocenters. The molecule has 0 fully saturated rings. The van der Waals surface area contributed by atoms with Crippen LogP contribution < -0.4 is 9.84 Å². The maximum atomic E-state index is 13.5. The number of nitro groups is 1. The van der Waals surface area contributed by atoms with E-state index in [9.17, 15) is 33.9 Å². The van der Waals surface area contributed by atoms with Gasteiger partial charge < -0.3 is 24.3 Å². The van der Waals surface area contributed by atoms with Crippen LogP contribution in [0.1, 0.15) is 44.9 Å². The van der Waals surface area contributed by atoms with Gasteiger partial charge in [-0.3, -0.25) is 24.0 Å². The molecule has 0 radical (unpaired) electrons. The average Bonchev–Trinajstić information content (AvgIpc) is 2.72. The number of nitrogens with zero attached hydrogens (tertiary/aromatic N) is 2. The smallest absolute Gasteiger partial charge is 0.472 e. The lowest BCUT2D eigenvalue weighted by atomic mass is 10.1. The summed E-state index contributed by atoms with van der Waals surface area (Å²) in [6.45, 7) is 0.243. The molecule has 14 heteroatoms.